The van der Waals surface area contributed by atoms with Gasteiger partial charge in [-0.2, -0.15) is 0 Å². The predicted molar refractivity (Wildman–Crippen MR) is 110 cm³/mol. The van der Waals surface area contributed by atoms with E-state index < -0.39 is 8.56 Å². The molecular weight excluding hydrogens is 312 g/mol. The smallest absolute Gasteiger partial charge is 0.331 e. The van der Waals surface area contributed by atoms with E-state index in [2.05, 4.69) is 33.9 Å². The first-order valence-electron chi connectivity index (χ1n) is 10.8. The van der Waals surface area contributed by atoms with Gasteiger partial charge in [-0.1, -0.05) is 91.4 Å². The number of hydrogen-bond acceptors (Lipinski definition) is 2. The first kappa shape index (κ1) is 24.1. The number of unbranched alkanes of at least 4 members (excludes halogenated alkanes) is 10. The Hall–Kier alpha value is 0.137. The highest BCUT2D eigenvalue weighted by Crippen LogP contribution is 2.14. The van der Waals surface area contributed by atoms with Gasteiger partial charge in [-0.25, -0.2) is 0 Å². The standard InChI is InChI=1S/C21H46O2Si/c1-6-8-9-10-11-12-13-14-15-16-17-19-22-24(4,5)23-20-18-21(3)7-2/h21H,6-20H2,1-5H3. The fourth-order valence-electron chi connectivity index (χ4n) is 2.84. The Balaban J connectivity index is 3.33. The van der Waals surface area contributed by atoms with Crippen molar-refractivity contribution in [3.63, 3.8) is 0 Å². The Morgan fingerprint density at radius 2 is 1.12 bits per heavy atom. The molecule has 24 heavy (non-hydrogen) atoms. The van der Waals surface area contributed by atoms with Crippen molar-refractivity contribution in [2.45, 2.75) is 117 Å². The third-order valence-electron chi connectivity index (χ3n) is 4.95. The Labute approximate surface area is 154 Å². The summed E-state index contributed by atoms with van der Waals surface area (Å²) in [5.41, 5.74) is 0. The van der Waals surface area contributed by atoms with Crippen molar-refractivity contribution in [2.75, 3.05) is 13.2 Å². The lowest BCUT2D eigenvalue weighted by Crippen LogP contribution is -2.35. The van der Waals surface area contributed by atoms with Crippen molar-refractivity contribution in [1.29, 1.82) is 0 Å². The second kappa shape index (κ2) is 16.6. The van der Waals surface area contributed by atoms with Gasteiger partial charge in [-0.15, -0.1) is 0 Å². The summed E-state index contributed by atoms with van der Waals surface area (Å²) in [5, 5.41) is 0. The molecular formula is C21H46O2Si. The third-order valence-corrected chi connectivity index (χ3v) is 6.75. The van der Waals surface area contributed by atoms with Gasteiger partial charge in [0.25, 0.3) is 0 Å². The summed E-state index contributed by atoms with van der Waals surface area (Å²) in [4.78, 5) is 0. The molecule has 1 atom stereocenters. The molecule has 0 aliphatic carbocycles. The van der Waals surface area contributed by atoms with Crippen molar-refractivity contribution in [1.82, 2.24) is 0 Å². The van der Waals surface area contributed by atoms with Crippen molar-refractivity contribution >= 4 is 8.56 Å². The minimum Gasteiger partial charge on any atom is -0.395 e. The van der Waals surface area contributed by atoms with Gasteiger partial charge < -0.3 is 8.85 Å². The zero-order valence-corrected chi connectivity index (χ0v) is 18.5. The van der Waals surface area contributed by atoms with Crippen molar-refractivity contribution in [3.05, 3.63) is 0 Å². The molecule has 0 aromatic carbocycles. The molecule has 0 saturated heterocycles. The summed E-state index contributed by atoms with van der Waals surface area (Å²) >= 11 is 0. The van der Waals surface area contributed by atoms with Crippen LogP contribution in [0, 0.1) is 5.92 Å². The van der Waals surface area contributed by atoms with Crippen LogP contribution in [-0.4, -0.2) is 21.8 Å². The highest BCUT2D eigenvalue weighted by molar-refractivity contribution is 6.64. The average molecular weight is 359 g/mol. The summed E-state index contributed by atoms with van der Waals surface area (Å²) in [7, 11) is -1.88. The first-order valence-corrected chi connectivity index (χ1v) is 13.6. The van der Waals surface area contributed by atoms with Crippen molar-refractivity contribution in [3.8, 4) is 0 Å². The van der Waals surface area contributed by atoms with Crippen LogP contribution in [0.25, 0.3) is 0 Å². The molecule has 0 aliphatic rings. The summed E-state index contributed by atoms with van der Waals surface area (Å²) in [6.45, 7) is 12.9. The minimum atomic E-state index is -1.88. The second-order valence-corrected chi connectivity index (χ2v) is 11.3. The Bertz CT molecular complexity index is 256. The number of hydrogen-bond donors (Lipinski definition) is 0. The quantitative estimate of drug-likeness (QED) is 0.187. The average Bonchev–Trinajstić information content (AvgIpc) is 2.55. The van der Waals surface area contributed by atoms with E-state index in [0.29, 0.717) is 0 Å². The molecule has 0 aliphatic heterocycles. The van der Waals surface area contributed by atoms with Gasteiger partial charge in [-0.05, 0) is 31.9 Å². The van der Waals surface area contributed by atoms with E-state index in [0.717, 1.165) is 25.6 Å². The van der Waals surface area contributed by atoms with Crippen molar-refractivity contribution in [2.24, 2.45) is 5.92 Å². The summed E-state index contributed by atoms with van der Waals surface area (Å²) in [6, 6.07) is 0. The van der Waals surface area contributed by atoms with Gasteiger partial charge in [0.05, 0.1) is 0 Å². The summed E-state index contributed by atoms with van der Waals surface area (Å²) in [5.74, 6) is 0.765. The molecule has 0 aromatic heterocycles. The van der Waals surface area contributed by atoms with Gasteiger partial charge >= 0.3 is 8.56 Å². The molecule has 0 N–H and O–H groups in total. The lowest BCUT2D eigenvalue weighted by Gasteiger charge is -2.23. The van der Waals surface area contributed by atoms with Crippen LogP contribution >= 0.6 is 0 Å². The molecule has 0 spiro atoms. The normalized spacial score (nSPS) is 13.4. The zero-order valence-electron chi connectivity index (χ0n) is 17.5. The number of rotatable bonds is 18. The maximum atomic E-state index is 6.04. The molecule has 0 saturated carbocycles. The van der Waals surface area contributed by atoms with E-state index >= 15 is 0 Å². The van der Waals surface area contributed by atoms with Gasteiger partial charge in [-0.3, -0.25) is 0 Å². The SMILES string of the molecule is CCCCCCCCCCCCCO[Si](C)(C)OCCC(C)CC. The molecule has 0 heterocycles. The van der Waals surface area contributed by atoms with Crippen LogP contribution in [0.2, 0.25) is 13.1 Å². The highest BCUT2D eigenvalue weighted by atomic mass is 28.4. The largest absolute Gasteiger partial charge is 0.395 e. The maximum Gasteiger partial charge on any atom is 0.331 e. The molecule has 146 valence electrons. The van der Waals surface area contributed by atoms with Crippen LogP contribution in [0.5, 0.6) is 0 Å². The van der Waals surface area contributed by atoms with Gasteiger partial charge in [0.1, 0.15) is 0 Å². The molecule has 0 radical (unpaired) electrons. The van der Waals surface area contributed by atoms with E-state index in [1.807, 2.05) is 0 Å². The minimum absolute atomic E-state index is 0.765. The molecule has 0 rings (SSSR count). The van der Waals surface area contributed by atoms with E-state index in [1.165, 1.54) is 77.0 Å². The van der Waals surface area contributed by atoms with Gasteiger partial charge in [0, 0.05) is 13.2 Å². The monoisotopic (exact) mass is 358 g/mol. The molecule has 0 aromatic rings. The van der Waals surface area contributed by atoms with Crippen molar-refractivity contribution < 1.29 is 8.85 Å². The van der Waals surface area contributed by atoms with Crippen LogP contribution in [-0.2, 0) is 8.85 Å². The first-order chi connectivity index (χ1) is 11.5. The Morgan fingerprint density at radius 3 is 1.62 bits per heavy atom. The summed E-state index contributed by atoms with van der Waals surface area (Å²) in [6.07, 6.45) is 17.6. The van der Waals surface area contributed by atoms with Crippen LogP contribution in [0.4, 0.5) is 0 Å². The lowest BCUT2D eigenvalue weighted by atomic mass is 10.1. The third kappa shape index (κ3) is 17.0. The molecule has 0 fully saturated rings. The van der Waals surface area contributed by atoms with E-state index in [9.17, 15) is 0 Å². The molecule has 0 amide bonds. The van der Waals surface area contributed by atoms with Crippen LogP contribution in [0.15, 0.2) is 0 Å². The zero-order chi connectivity index (χ0) is 18.1. The van der Waals surface area contributed by atoms with Crippen LogP contribution < -0.4 is 0 Å². The fraction of sp³-hybridized carbons (Fsp3) is 1.00. The molecule has 3 heteroatoms. The van der Waals surface area contributed by atoms with Gasteiger partial charge in [0.2, 0.25) is 0 Å². The highest BCUT2D eigenvalue weighted by Gasteiger charge is 2.24. The van der Waals surface area contributed by atoms with Crippen LogP contribution in [0.3, 0.4) is 0 Å². The van der Waals surface area contributed by atoms with E-state index in [4.69, 9.17) is 8.85 Å². The van der Waals surface area contributed by atoms with Gasteiger partial charge in [0.15, 0.2) is 0 Å². The predicted octanol–water partition coefficient (Wildman–Crippen LogP) is 7.47. The van der Waals surface area contributed by atoms with E-state index in [1.54, 1.807) is 0 Å². The molecule has 0 bridgehead atoms. The lowest BCUT2D eigenvalue weighted by molar-refractivity contribution is 0.166. The Kier molecular flexibility index (Phi) is 16.7. The molecule has 1 unspecified atom stereocenters. The maximum absolute atomic E-state index is 6.04. The Morgan fingerprint density at radius 1 is 0.667 bits per heavy atom. The summed E-state index contributed by atoms with van der Waals surface area (Å²) < 4.78 is 12.1. The fourth-order valence-corrected chi connectivity index (χ4v) is 4.16. The molecule has 2 nitrogen and oxygen atoms in total. The van der Waals surface area contributed by atoms with E-state index in [-0.39, 0.29) is 0 Å². The van der Waals surface area contributed by atoms with Crippen LogP contribution in [0.1, 0.15) is 104 Å². The topological polar surface area (TPSA) is 18.5 Å². The second-order valence-electron chi connectivity index (χ2n) is 7.93.